The molecule has 0 unspecified atom stereocenters. The van der Waals surface area contributed by atoms with Crippen molar-refractivity contribution in [1.82, 2.24) is 4.98 Å². The molecule has 19 heavy (non-hydrogen) atoms. The number of alkyl halides is 1. The summed E-state index contributed by atoms with van der Waals surface area (Å²) in [4.78, 5) is 4.58. The number of fused-ring (bicyclic) bond motifs is 1. The van der Waals surface area contributed by atoms with Crippen LogP contribution in [0.3, 0.4) is 0 Å². The summed E-state index contributed by atoms with van der Waals surface area (Å²) in [6.45, 7) is 0. The lowest BCUT2D eigenvalue weighted by atomic mass is 10.1. The molecule has 0 N–H and O–H groups in total. The van der Waals surface area contributed by atoms with E-state index in [-0.39, 0.29) is 0 Å². The van der Waals surface area contributed by atoms with Crippen LogP contribution in [0.2, 0.25) is 0 Å². The summed E-state index contributed by atoms with van der Waals surface area (Å²) < 4.78 is 1.09. The summed E-state index contributed by atoms with van der Waals surface area (Å²) in [7, 11) is 0. The molecule has 0 fully saturated rings. The quantitative estimate of drug-likeness (QED) is 0.646. The van der Waals surface area contributed by atoms with Crippen LogP contribution in [0.5, 0.6) is 0 Å². The first-order valence-electron chi connectivity index (χ1n) is 5.76. The van der Waals surface area contributed by atoms with E-state index in [1.165, 1.54) is 0 Å². The number of hydrogen-bond acceptors (Lipinski definition) is 3. The number of nitriles is 1. The first kappa shape index (κ1) is 12.2. The van der Waals surface area contributed by atoms with E-state index in [1.807, 2.05) is 42.5 Å². The molecule has 92 valence electrons. The largest absolute Gasteiger partial charge is 0.236 e. The van der Waals surface area contributed by atoms with Gasteiger partial charge in [0.25, 0.3) is 0 Å². The second-order valence-electron chi connectivity index (χ2n) is 4.14. The van der Waals surface area contributed by atoms with E-state index < -0.39 is 0 Å². The van der Waals surface area contributed by atoms with Crippen LogP contribution in [-0.4, -0.2) is 4.98 Å². The van der Waals surface area contributed by atoms with Crippen molar-refractivity contribution in [2.75, 3.05) is 0 Å². The van der Waals surface area contributed by atoms with Crippen LogP contribution in [0.25, 0.3) is 20.8 Å². The highest BCUT2D eigenvalue weighted by Gasteiger charge is 2.06. The highest BCUT2D eigenvalue weighted by Crippen LogP contribution is 2.30. The molecule has 0 saturated heterocycles. The van der Waals surface area contributed by atoms with Crippen molar-refractivity contribution in [2.24, 2.45) is 0 Å². The van der Waals surface area contributed by atoms with Gasteiger partial charge in [0.2, 0.25) is 0 Å². The monoisotopic (exact) mass is 284 g/mol. The van der Waals surface area contributed by atoms with Crippen LogP contribution in [0.1, 0.15) is 11.1 Å². The number of benzene rings is 2. The maximum absolute atomic E-state index is 8.89. The average Bonchev–Trinajstić information content (AvgIpc) is 2.90. The topological polar surface area (TPSA) is 36.7 Å². The van der Waals surface area contributed by atoms with Crippen LogP contribution in [-0.2, 0) is 5.88 Å². The van der Waals surface area contributed by atoms with E-state index in [9.17, 15) is 0 Å². The molecular weight excluding hydrogens is 276 g/mol. The van der Waals surface area contributed by atoms with Crippen LogP contribution in [0, 0.1) is 11.3 Å². The summed E-state index contributed by atoms with van der Waals surface area (Å²) in [5.41, 5.74) is 3.69. The molecule has 0 amide bonds. The fraction of sp³-hybridized carbons (Fsp3) is 0.0667. The normalized spacial score (nSPS) is 10.5. The Bertz CT molecular complexity index is 769. The minimum atomic E-state index is 0.519. The molecule has 0 aliphatic carbocycles. The lowest BCUT2D eigenvalue weighted by molar-refractivity contribution is 1.39. The Hall–Kier alpha value is -1.89. The van der Waals surface area contributed by atoms with Gasteiger partial charge >= 0.3 is 0 Å². The van der Waals surface area contributed by atoms with E-state index in [0.29, 0.717) is 11.4 Å². The lowest BCUT2D eigenvalue weighted by Crippen LogP contribution is -1.79. The molecule has 4 heteroatoms. The van der Waals surface area contributed by atoms with Crippen molar-refractivity contribution in [2.45, 2.75) is 5.88 Å². The Kier molecular flexibility index (Phi) is 3.20. The number of rotatable bonds is 2. The standard InChI is InChI=1S/C15H9ClN2S/c16-8-10-1-4-12(5-2-10)15-18-13-7-11(9-17)3-6-14(13)19-15/h1-7H,8H2. The maximum atomic E-state index is 8.89. The third-order valence-corrected chi connectivity index (χ3v) is 4.27. The molecule has 1 heterocycles. The van der Waals surface area contributed by atoms with Crippen molar-refractivity contribution in [3.05, 3.63) is 53.6 Å². The fourth-order valence-electron chi connectivity index (χ4n) is 1.86. The smallest absolute Gasteiger partial charge is 0.124 e. The van der Waals surface area contributed by atoms with Crippen LogP contribution in [0.15, 0.2) is 42.5 Å². The summed E-state index contributed by atoms with van der Waals surface area (Å²) in [6, 6.07) is 15.8. The molecule has 0 aliphatic heterocycles. The fourth-order valence-corrected chi connectivity index (χ4v) is 2.99. The van der Waals surface area contributed by atoms with E-state index in [4.69, 9.17) is 16.9 Å². The van der Waals surface area contributed by atoms with Gasteiger partial charge in [-0.3, -0.25) is 0 Å². The lowest BCUT2D eigenvalue weighted by Gasteiger charge is -1.97. The first-order valence-corrected chi connectivity index (χ1v) is 7.11. The highest BCUT2D eigenvalue weighted by atomic mass is 35.5. The molecule has 0 spiro atoms. The van der Waals surface area contributed by atoms with Gasteiger partial charge in [-0.1, -0.05) is 24.3 Å². The Labute approximate surface area is 119 Å². The number of halogens is 1. The van der Waals surface area contributed by atoms with E-state index in [1.54, 1.807) is 11.3 Å². The van der Waals surface area contributed by atoms with Gasteiger partial charge in [-0.25, -0.2) is 4.98 Å². The molecule has 2 nitrogen and oxygen atoms in total. The molecule has 0 radical (unpaired) electrons. The van der Waals surface area contributed by atoms with Gasteiger partial charge in [-0.05, 0) is 23.8 Å². The van der Waals surface area contributed by atoms with Gasteiger partial charge in [-0.15, -0.1) is 22.9 Å². The molecule has 3 aromatic rings. The zero-order valence-electron chi connectivity index (χ0n) is 9.93. The van der Waals surface area contributed by atoms with Gasteiger partial charge in [0.15, 0.2) is 0 Å². The second-order valence-corrected chi connectivity index (χ2v) is 5.44. The predicted octanol–water partition coefficient (Wildman–Crippen LogP) is 4.57. The summed E-state index contributed by atoms with van der Waals surface area (Å²) in [5.74, 6) is 0.519. The summed E-state index contributed by atoms with van der Waals surface area (Å²) in [5, 5.41) is 9.86. The van der Waals surface area contributed by atoms with E-state index in [2.05, 4.69) is 11.1 Å². The zero-order chi connectivity index (χ0) is 13.2. The summed E-state index contributed by atoms with van der Waals surface area (Å²) >= 11 is 7.41. The van der Waals surface area contributed by atoms with Crippen LogP contribution >= 0.6 is 22.9 Å². The minimum absolute atomic E-state index is 0.519. The van der Waals surface area contributed by atoms with E-state index in [0.717, 1.165) is 26.4 Å². The van der Waals surface area contributed by atoms with Crippen molar-refractivity contribution < 1.29 is 0 Å². The van der Waals surface area contributed by atoms with Gasteiger partial charge < -0.3 is 0 Å². The first-order chi connectivity index (χ1) is 9.30. The van der Waals surface area contributed by atoms with Gasteiger partial charge in [0.05, 0.1) is 21.8 Å². The van der Waals surface area contributed by atoms with Crippen molar-refractivity contribution in [1.29, 1.82) is 5.26 Å². The highest BCUT2D eigenvalue weighted by molar-refractivity contribution is 7.21. The minimum Gasteiger partial charge on any atom is -0.236 e. The molecule has 3 rings (SSSR count). The molecular formula is C15H9ClN2S. The third kappa shape index (κ3) is 2.33. The predicted molar refractivity (Wildman–Crippen MR) is 79.3 cm³/mol. The SMILES string of the molecule is N#Cc1ccc2sc(-c3ccc(CCl)cc3)nc2c1. The van der Waals surface area contributed by atoms with E-state index >= 15 is 0 Å². The average molecular weight is 285 g/mol. The molecule has 0 bridgehead atoms. The number of nitrogens with zero attached hydrogens (tertiary/aromatic N) is 2. The third-order valence-electron chi connectivity index (χ3n) is 2.87. The van der Waals surface area contributed by atoms with Crippen molar-refractivity contribution in [3.8, 4) is 16.6 Å². The Balaban J connectivity index is 2.07. The van der Waals surface area contributed by atoms with Gasteiger partial charge in [0.1, 0.15) is 5.01 Å². The van der Waals surface area contributed by atoms with Crippen LogP contribution < -0.4 is 0 Å². The molecule has 2 aromatic carbocycles. The Morgan fingerprint density at radius 2 is 1.95 bits per heavy atom. The Morgan fingerprint density at radius 3 is 2.63 bits per heavy atom. The van der Waals surface area contributed by atoms with Crippen molar-refractivity contribution in [3.63, 3.8) is 0 Å². The zero-order valence-corrected chi connectivity index (χ0v) is 11.5. The number of hydrogen-bond donors (Lipinski definition) is 0. The number of aromatic nitrogens is 1. The molecule has 1 aromatic heterocycles. The second kappa shape index (κ2) is 5.00. The molecule has 0 saturated carbocycles. The van der Waals surface area contributed by atoms with Gasteiger partial charge in [0, 0.05) is 11.4 Å². The van der Waals surface area contributed by atoms with Crippen LogP contribution in [0.4, 0.5) is 0 Å². The van der Waals surface area contributed by atoms with Gasteiger partial charge in [-0.2, -0.15) is 5.26 Å². The Morgan fingerprint density at radius 1 is 1.16 bits per heavy atom. The van der Waals surface area contributed by atoms with Crippen molar-refractivity contribution >= 4 is 33.2 Å². The summed E-state index contributed by atoms with van der Waals surface area (Å²) in [6.07, 6.45) is 0. The molecule has 0 atom stereocenters. The molecule has 0 aliphatic rings. The number of thiazole rings is 1. The maximum Gasteiger partial charge on any atom is 0.124 e.